The van der Waals surface area contributed by atoms with E-state index in [1.807, 2.05) is 19.1 Å². The molecule has 16 heavy (non-hydrogen) atoms. The van der Waals surface area contributed by atoms with E-state index in [0.29, 0.717) is 0 Å². The van der Waals surface area contributed by atoms with E-state index in [1.54, 1.807) is 0 Å². The van der Waals surface area contributed by atoms with Crippen molar-refractivity contribution in [1.82, 2.24) is 0 Å². The van der Waals surface area contributed by atoms with Crippen LogP contribution >= 0.6 is 0 Å². The van der Waals surface area contributed by atoms with Crippen molar-refractivity contribution < 1.29 is 0 Å². The van der Waals surface area contributed by atoms with Gasteiger partial charge >= 0.3 is 0 Å². The highest BCUT2D eigenvalue weighted by atomic mass is 15.3. The second-order valence-electron chi connectivity index (χ2n) is 3.48. The SMILES string of the molecule is CCC(=NN=C(N)N)c1ccc(CC)cc1. The topological polar surface area (TPSA) is 76.8 Å². The van der Waals surface area contributed by atoms with Gasteiger partial charge in [0.25, 0.3) is 0 Å². The molecule has 0 saturated carbocycles. The summed E-state index contributed by atoms with van der Waals surface area (Å²) < 4.78 is 0. The molecule has 0 radical (unpaired) electrons. The molecular weight excluding hydrogens is 200 g/mol. The number of hydrogen-bond donors (Lipinski definition) is 2. The molecule has 4 N–H and O–H groups in total. The number of rotatable bonds is 4. The van der Waals surface area contributed by atoms with E-state index >= 15 is 0 Å². The normalized spacial score (nSPS) is 11.2. The number of benzene rings is 1. The smallest absolute Gasteiger partial charge is 0.211 e. The third kappa shape index (κ3) is 3.38. The first-order chi connectivity index (χ1) is 7.67. The van der Waals surface area contributed by atoms with Crippen LogP contribution < -0.4 is 11.5 Å². The second kappa shape index (κ2) is 5.90. The van der Waals surface area contributed by atoms with Crippen LogP contribution in [0.2, 0.25) is 0 Å². The Morgan fingerprint density at radius 2 is 1.69 bits per heavy atom. The third-order valence-electron chi connectivity index (χ3n) is 2.32. The number of aryl methyl sites for hydroxylation is 1. The van der Waals surface area contributed by atoms with Crippen molar-refractivity contribution in [3.63, 3.8) is 0 Å². The molecule has 0 fully saturated rings. The van der Waals surface area contributed by atoms with E-state index in [1.165, 1.54) is 5.56 Å². The van der Waals surface area contributed by atoms with Gasteiger partial charge in [0.15, 0.2) is 0 Å². The van der Waals surface area contributed by atoms with Gasteiger partial charge in [0.05, 0.1) is 5.71 Å². The van der Waals surface area contributed by atoms with E-state index < -0.39 is 0 Å². The maximum absolute atomic E-state index is 5.24. The van der Waals surface area contributed by atoms with Crippen LogP contribution in [0.3, 0.4) is 0 Å². The molecule has 0 amide bonds. The summed E-state index contributed by atoms with van der Waals surface area (Å²) in [6.45, 7) is 4.15. The quantitative estimate of drug-likeness (QED) is 0.458. The van der Waals surface area contributed by atoms with Gasteiger partial charge in [0.1, 0.15) is 0 Å². The van der Waals surface area contributed by atoms with E-state index in [4.69, 9.17) is 11.5 Å². The lowest BCUT2D eigenvalue weighted by Crippen LogP contribution is -2.22. The average Bonchev–Trinajstić information content (AvgIpc) is 2.30. The molecule has 0 atom stereocenters. The molecular formula is C12H18N4. The monoisotopic (exact) mass is 218 g/mol. The molecule has 4 heteroatoms. The molecule has 4 nitrogen and oxygen atoms in total. The maximum atomic E-state index is 5.24. The van der Waals surface area contributed by atoms with Gasteiger partial charge in [-0.15, -0.1) is 5.10 Å². The third-order valence-corrected chi connectivity index (χ3v) is 2.32. The van der Waals surface area contributed by atoms with Crippen LogP contribution in [0, 0.1) is 0 Å². The zero-order valence-electron chi connectivity index (χ0n) is 9.77. The Morgan fingerprint density at radius 3 is 2.12 bits per heavy atom. The zero-order chi connectivity index (χ0) is 12.0. The molecule has 1 rings (SSSR count). The first-order valence-electron chi connectivity index (χ1n) is 5.42. The molecule has 0 heterocycles. The van der Waals surface area contributed by atoms with Crippen LogP contribution in [0.15, 0.2) is 34.5 Å². The molecule has 0 aliphatic carbocycles. The van der Waals surface area contributed by atoms with E-state index in [0.717, 1.165) is 24.1 Å². The van der Waals surface area contributed by atoms with Crippen molar-refractivity contribution in [2.75, 3.05) is 0 Å². The summed E-state index contributed by atoms with van der Waals surface area (Å²) >= 11 is 0. The van der Waals surface area contributed by atoms with Crippen molar-refractivity contribution in [1.29, 1.82) is 0 Å². The average molecular weight is 218 g/mol. The largest absolute Gasteiger partial charge is 0.369 e. The Morgan fingerprint density at radius 1 is 1.06 bits per heavy atom. The number of nitrogens with two attached hydrogens (primary N) is 2. The molecule has 0 aromatic heterocycles. The Labute approximate surface area is 96.1 Å². The Balaban J connectivity index is 2.95. The molecule has 0 spiro atoms. The van der Waals surface area contributed by atoms with E-state index in [2.05, 4.69) is 29.3 Å². The van der Waals surface area contributed by atoms with Gasteiger partial charge in [-0.25, -0.2) is 0 Å². The fraction of sp³-hybridized carbons (Fsp3) is 0.333. The lowest BCUT2D eigenvalue weighted by atomic mass is 10.1. The van der Waals surface area contributed by atoms with Gasteiger partial charge in [-0.05, 0) is 24.0 Å². The first kappa shape index (κ1) is 12.2. The highest BCUT2D eigenvalue weighted by Crippen LogP contribution is 2.08. The molecule has 1 aromatic rings. The molecule has 1 aromatic carbocycles. The number of nitrogens with zero attached hydrogens (tertiary/aromatic N) is 2. The van der Waals surface area contributed by atoms with Crippen molar-refractivity contribution in [3.8, 4) is 0 Å². The first-order valence-corrected chi connectivity index (χ1v) is 5.42. The van der Waals surface area contributed by atoms with Crippen molar-refractivity contribution in [3.05, 3.63) is 35.4 Å². The molecule has 0 aliphatic rings. The van der Waals surface area contributed by atoms with Crippen LogP contribution in [0.4, 0.5) is 0 Å². The minimum Gasteiger partial charge on any atom is -0.369 e. The molecule has 0 saturated heterocycles. The highest BCUT2D eigenvalue weighted by molar-refractivity contribution is 6.00. The summed E-state index contributed by atoms with van der Waals surface area (Å²) in [5, 5.41) is 7.70. The Hall–Kier alpha value is -1.84. The van der Waals surface area contributed by atoms with Gasteiger partial charge in [-0.1, -0.05) is 38.1 Å². The van der Waals surface area contributed by atoms with Crippen LogP contribution in [0.25, 0.3) is 0 Å². The van der Waals surface area contributed by atoms with Crippen LogP contribution in [0.5, 0.6) is 0 Å². The van der Waals surface area contributed by atoms with Crippen LogP contribution in [0.1, 0.15) is 31.4 Å². The maximum Gasteiger partial charge on any atom is 0.211 e. The van der Waals surface area contributed by atoms with Crippen LogP contribution in [-0.4, -0.2) is 11.7 Å². The fourth-order valence-electron chi connectivity index (χ4n) is 1.38. The van der Waals surface area contributed by atoms with Gasteiger partial charge in [0, 0.05) is 0 Å². The molecule has 86 valence electrons. The summed E-state index contributed by atoms with van der Waals surface area (Å²) in [6.07, 6.45) is 1.83. The number of hydrogen-bond acceptors (Lipinski definition) is 2. The van der Waals surface area contributed by atoms with Crippen molar-refractivity contribution in [2.24, 2.45) is 21.7 Å². The fourth-order valence-corrected chi connectivity index (χ4v) is 1.38. The van der Waals surface area contributed by atoms with Crippen molar-refractivity contribution in [2.45, 2.75) is 26.7 Å². The minimum absolute atomic E-state index is 0.0175. The Kier molecular flexibility index (Phi) is 4.51. The highest BCUT2D eigenvalue weighted by Gasteiger charge is 2.00. The van der Waals surface area contributed by atoms with E-state index in [-0.39, 0.29) is 5.96 Å². The van der Waals surface area contributed by atoms with Crippen molar-refractivity contribution >= 4 is 11.7 Å². The van der Waals surface area contributed by atoms with Gasteiger partial charge < -0.3 is 11.5 Å². The predicted molar refractivity (Wildman–Crippen MR) is 68.5 cm³/mol. The summed E-state index contributed by atoms with van der Waals surface area (Å²) in [5.41, 5.74) is 13.7. The molecule has 0 unspecified atom stereocenters. The Bertz CT molecular complexity index is 386. The van der Waals surface area contributed by atoms with Crippen LogP contribution in [-0.2, 0) is 6.42 Å². The zero-order valence-corrected chi connectivity index (χ0v) is 9.77. The summed E-state index contributed by atoms with van der Waals surface area (Å²) in [6, 6.07) is 8.28. The predicted octanol–water partition coefficient (Wildman–Crippen LogP) is 1.64. The number of guanidine groups is 1. The van der Waals surface area contributed by atoms with E-state index in [9.17, 15) is 0 Å². The lowest BCUT2D eigenvalue weighted by molar-refractivity contribution is 1.13. The summed E-state index contributed by atoms with van der Waals surface area (Å²) in [4.78, 5) is 0. The molecule has 0 bridgehead atoms. The second-order valence-corrected chi connectivity index (χ2v) is 3.48. The summed E-state index contributed by atoms with van der Waals surface area (Å²) in [7, 11) is 0. The lowest BCUT2D eigenvalue weighted by Gasteiger charge is -2.03. The van der Waals surface area contributed by atoms with Gasteiger partial charge in [-0.2, -0.15) is 5.10 Å². The minimum atomic E-state index is -0.0175. The molecule has 0 aliphatic heterocycles. The standard InChI is InChI=1S/C12H18N4/c1-3-9-5-7-10(8-6-9)11(4-2)15-16-12(13)14/h5-8H,3-4H2,1-2H3,(H4,13,14,16). The van der Waals surface area contributed by atoms with Gasteiger partial charge in [0.2, 0.25) is 5.96 Å². The summed E-state index contributed by atoms with van der Waals surface area (Å²) in [5.74, 6) is -0.0175. The van der Waals surface area contributed by atoms with Gasteiger partial charge in [-0.3, -0.25) is 0 Å².